The third kappa shape index (κ3) is 3.59. The van der Waals surface area contributed by atoms with Gasteiger partial charge in [-0.15, -0.1) is 0 Å². The van der Waals surface area contributed by atoms with Crippen molar-refractivity contribution >= 4 is 5.91 Å². The number of carbonyl (C=O) groups excluding carboxylic acids is 1. The molecule has 0 bridgehead atoms. The monoisotopic (exact) mass is 270 g/mol. The first-order valence-electron chi connectivity index (χ1n) is 6.45. The van der Waals surface area contributed by atoms with Crippen LogP contribution in [0.25, 0.3) is 0 Å². The van der Waals surface area contributed by atoms with E-state index in [9.17, 15) is 4.79 Å². The first kappa shape index (κ1) is 14.1. The second-order valence-electron chi connectivity index (χ2n) is 4.46. The van der Waals surface area contributed by atoms with E-state index in [1.807, 2.05) is 49.4 Å². The van der Waals surface area contributed by atoms with Crippen molar-refractivity contribution in [2.24, 2.45) is 0 Å². The topological polar surface area (TPSA) is 50.4 Å². The van der Waals surface area contributed by atoms with Crippen molar-refractivity contribution in [3.05, 3.63) is 65.7 Å². The minimum Gasteiger partial charge on any atom is -0.497 e. The highest BCUT2D eigenvalue weighted by Gasteiger charge is 2.08. The highest BCUT2D eigenvalue weighted by atomic mass is 16.5. The number of methoxy groups -OCH3 is 1. The summed E-state index contributed by atoms with van der Waals surface area (Å²) in [7, 11) is 1.64. The zero-order chi connectivity index (χ0) is 14.4. The standard InChI is InChI=1S/C16H18N2O2/c1-12(13-8-10-15(20-2)11-9-13)17-18-16(19)14-6-4-3-5-7-14/h3-12,17H,1-2H3,(H,18,19)/t12-/m0/s1. The summed E-state index contributed by atoms with van der Waals surface area (Å²) >= 11 is 0. The molecule has 0 aliphatic heterocycles. The van der Waals surface area contributed by atoms with Gasteiger partial charge in [0.1, 0.15) is 5.75 Å². The summed E-state index contributed by atoms with van der Waals surface area (Å²) in [6.07, 6.45) is 0. The van der Waals surface area contributed by atoms with Gasteiger partial charge >= 0.3 is 0 Å². The summed E-state index contributed by atoms with van der Waals surface area (Å²) < 4.78 is 5.11. The van der Waals surface area contributed by atoms with Crippen LogP contribution < -0.4 is 15.6 Å². The molecule has 1 atom stereocenters. The molecule has 0 saturated heterocycles. The summed E-state index contributed by atoms with van der Waals surface area (Å²) in [5, 5.41) is 0. The average Bonchev–Trinajstić information content (AvgIpc) is 2.53. The van der Waals surface area contributed by atoms with Crippen molar-refractivity contribution in [3.8, 4) is 5.75 Å². The van der Waals surface area contributed by atoms with Crippen molar-refractivity contribution in [2.45, 2.75) is 13.0 Å². The molecule has 0 aliphatic carbocycles. The maximum atomic E-state index is 11.9. The second-order valence-corrected chi connectivity index (χ2v) is 4.46. The molecule has 0 fully saturated rings. The maximum absolute atomic E-state index is 11.9. The van der Waals surface area contributed by atoms with E-state index in [1.54, 1.807) is 19.2 Å². The zero-order valence-corrected chi connectivity index (χ0v) is 11.6. The maximum Gasteiger partial charge on any atom is 0.265 e. The molecule has 0 spiro atoms. The van der Waals surface area contributed by atoms with Gasteiger partial charge in [-0.05, 0) is 36.8 Å². The molecular weight excluding hydrogens is 252 g/mol. The van der Waals surface area contributed by atoms with E-state index >= 15 is 0 Å². The van der Waals surface area contributed by atoms with Crippen molar-refractivity contribution in [1.29, 1.82) is 0 Å². The lowest BCUT2D eigenvalue weighted by atomic mass is 10.1. The molecule has 104 valence electrons. The van der Waals surface area contributed by atoms with Gasteiger partial charge in [-0.1, -0.05) is 30.3 Å². The molecule has 2 aromatic rings. The predicted molar refractivity (Wildman–Crippen MR) is 78.5 cm³/mol. The van der Waals surface area contributed by atoms with Gasteiger partial charge in [-0.2, -0.15) is 0 Å². The normalized spacial score (nSPS) is 11.7. The molecule has 0 unspecified atom stereocenters. The number of hydrazine groups is 1. The fraction of sp³-hybridized carbons (Fsp3) is 0.188. The molecule has 0 heterocycles. The molecule has 0 radical (unpaired) electrons. The highest BCUT2D eigenvalue weighted by Crippen LogP contribution is 2.16. The number of benzene rings is 2. The van der Waals surface area contributed by atoms with Gasteiger partial charge in [-0.25, -0.2) is 5.43 Å². The Morgan fingerprint density at radius 2 is 1.70 bits per heavy atom. The minimum atomic E-state index is -0.147. The van der Waals surface area contributed by atoms with E-state index in [4.69, 9.17) is 4.74 Å². The Morgan fingerprint density at radius 1 is 1.05 bits per heavy atom. The molecule has 2 rings (SSSR count). The van der Waals surface area contributed by atoms with Crippen LogP contribution in [-0.2, 0) is 0 Å². The van der Waals surface area contributed by atoms with Gasteiger partial charge in [0.25, 0.3) is 5.91 Å². The number of carbonyl (C=O) groups is 1. The Hall–Kier alpha value is -2.33. The van der Waals surface area contributed by atoms with Crippen LogP contribution in [0.5, 0.6) is 5.75 Å². The lowest BCUT2D eigenvalue weighted by Crippen LogP contribution is -2.38. The van der Waals surface area contributed by atoms with E-state index < -0.39 is 0 Å². The molecule has 0 aliphatic rings. The van der Waals surface area contributed by atoms with E-state index in [0.29, 0.717) is 5.56 Å². The fourth-order valence-corrected chi connectivity index (χ4v) is 1.81. The van der Waals surface area contributed by atoms with E-state index in [2.05, 4.69) is 10.9 Å². The Balaban J connectivity index is 1.91. The number of hydrogen-bond donors (Lipinski definition) is 2. The molecule has 0 saturated carbocycles. The summed E-state index contributed by atoms with van der Waals surface area (Å²) in [5.74, 6) is 0.667. The number of ether oxygens (including phenoxy) is 1. The largest absolute Gasteiger partial charge is 0.497 e. The summed E-state index contributed by atoms with van der Waals surface area (Å²) in [5.41, 5.74) is 7.40. The molecule has 4 nitrogen and oxygen atoms in total. The van der Waals surface area contributed by atoms with Gasteiger partial charge in [0.15, 0.2) is 0 Å². The fourth-order valence-electron chi connectivity index (χ4n) is 1.81. The summed E-state index contributed by atoms with van der Waals surface area (Å²) in [4.78, 5) is 11.9. The van der Waals surface area contributed by atoms with Crippen molar-refractivity contribution in [1.82, 2.24) is 10.9 Å². The molecule has 2 aromatic carbocycles. The quantitative estimate of drug-likeness (QED) is 0.821. The van der Waals surface area contributed by atoms with Crippen LogP contribution in [0.3, 0.4) is 0 Å². The van der Waals surface area contributed by atoms with Crippen LogP contribution in [0.15, 0.2) is 54.6 Å². The smallest absolute Gasteiger partial charge is 0.265 e. The van der Waals surface area contributed by atoms with Crippen molar-refractivity contribution in [3.63, 3.8) is 0 Å². The number of amides is 1. The number of hydrogen-bond acceptors (Lipinski definition) is 3. The van der Waals surface area contributed by atoms with Crippen LogP contribution in [0.1, 0.15) is 28.9 Å². The van der Waals surface area contributed by atoms with E-state index in [0.717, 1.165) is 11.3 Å². The van der Waals surface area contributed by atoms with Crippen LogP contribution in [0.4, 0.5) is 0 Å². The Labute approximate surface area is 118 Å². The number of rotatable bonds is 5. The molecule has 20 heavy (non-hydrogen) atoms. The van der Waals surface area contributed by atoms with E-state index in [-0.39, 0.29) is 11.9 Å². The SMILES string of the molecule is COc1ccc([C@H](C)NNC(=O)c2ccccc2)cc1. The van der Waals surface area contributed by atoms with Crippen LogP contribution >= 0.6 is 0 Å². The Morgan fingerprint density at radius 3 is 2.30 bits per heavy atom. The van der Waals surface area contributed by atoms with Crippen molar-refractivity contribution < 1.29 is 9.53 Å². The Bertz CT molecular complexity index is 552. The lowest BCUT2D eigenvalue weighted by molar-refractivity contribution is 0.0926. The van der Waals surface area contributed by atoms with Gasteiger partial charge in [0.2, 0.25) is 0 Å². The average molecular weight is 270 g/mol. The highest BCUT2D eigenvalue weighted by molar-refractivity contribution is 5.93. The molecular formula is C16H18N2O2. The zero-order valence-electron chi connectivity index (χ0n) is 11.6. The van der Waals surface area contributed by atoms with E-state index in [1.165, 1.54) is 0 Å². The van der Waals surface area contributed by atoms with Crippen LogP contribution in [-0.4, -0.2) is 13.0 Å². The summed E-state index contributed by atoms with van der Waals surface area (Å²) in [6, 6.07) is 16.8. The van der Waals surface area contributed by atoms with Crippen molar-refractivity contribution in [2.75, 3.05) is 7.11 Å². The lowest BCUT2D eigenvalue weighted by Gasteiger charge is -2.15. The van der Waals surface area contributed by atoms with Crippen LogP contribution in [0.2, 0.25) is 0 Å². The van der Waals surface area contributed by atoms with Gasteiger partial charge in [0, 0.05) is 11.6 Å². The molecule has 4 heteroatoms. The minimum absolute atomic E-state index is 0.00793. The van der Waals surface area contributed by atoms with Gasteiger partial charge in [0.05, 0.1) is 7.11 Å². The first-order valence-corrected chi connectivity index (χ1v) is 6.45. The number of nitrogens with one attached hydrogen (secondary N) is 2. The predicted octanol–water partition coefficient (Wildman–Crippen LogP) is 2.69. The molecule has 1 amide bonds. The first-order chi connectivity index (χ1) is 9.70. The van der Waals surface area contributed by atoms with Gasteiger partial charge < -0.3 is 4.74 Å². The third-order valence-corrected chi connectivity index (χ3v) is 3.05. The van der Waals surface area contributed by atoms with Crippen LogP contribution in [0, 0.1) is 0 Å². The third-order valence-electron chi connectivity index (χ3n) is 3.05. The second kappa shape index (κ2) is 6.73. The Kier molecular flexibility index (Phi) is 4.74. The molecule has 2 N–H and O–H groups in total. The molecule has 0 aromatic heterocycles. The summed E-state index contributed by atoms with van der Waals surface area (Å²) in [6.45, 7) is 1.98. The van der Waals surface area contributed by atoms with Gasteiger partial charge in [-0.3, -0.25) is 10.2 Å².